The monoisotopic (exact) mass is 198 g/mol. The predicted molar refractivity (Wildman–Crippen MR) is 57.2 cm³/mol. The van der Waals surface area contributed by atoms with E-state index in [0.29, 0.717) is 6.04 Å². The average Bonchev–Trinajstić information content (AvgIpc) is 2.47. The number of hydrogen-bond acceptors (Lipinski definition) is 3. The lowest BCUT2D eigenvalue weighted by atomic mass is 9.90. The summed E-state index contributed by atoms with van der Waals surface area (Å²) >= 11 is 0. The van der Waals surface area contributed by atoms with Gasteiger partial charge in [-0.05, 0) is 32.1 Å². The van der Waals surface area contributed by atoms with Crippen molar-refractivity contribution >= 4 is 0 Å². The molecule has 1 saturated carbocycles. The average molecular weight is 198 g/mol. The Kier molecular flexibility index (Phi) is 3.79. The van der Waals surface area contributed by atoms with Gasteiger partial charge in [-0.1, -0.05) is 0 Å². The molecule has 2 rings (SSSR count). The lowest BCUT2D eigenvalue weighted by Crippen LogP contribution is -2.42. The maximum Gasteiger partial charge on any atom is 0.0593 e. The van der Waals surface area contributed by atoms with E-state index in [-0.39, 0.29) is 0 Å². The zero-order chi connectivity index (χ0) is 9.80. The van der Waals surface area contributed by atoms with Gasteiger partial charge in [0, 0.05) is 31.8 Å². The summed E-state index contributed by atoms with van der Waals surface area (Å²) in [6.45, 7) is 4.21. The van der Waals surface area contributed by atoms with Crippen LogP contribution in [0.3, 0.4) is 0 Å². The normalized spacial score (nSPS) is 36.6. The summed E-state index contributed by atoms with van der Waals surface area (Å²) in [6.07, 6.45) is 6.20. The minimum absolute atomic E-state index is 0.467. The molecular weight excluding hydrogens is 176 g/mol. The Morgan fingerprint density at radius 3 is 2.57 bits per heavy atom. The van der Waals surface area contributed by atoms with E-state index in [2.05, 4.69) is 4.90 Å². The van der Waals surface area contributed by atoms with Crippen LogP contribution in [0, 0.1) is 0 Å². The standard InChI is InChI=1S/C11H22N2O/c12-10-2-4-11(5-3-10)13-6-1-8-14-9-7-13/h10-11H,1-9,12H2. The number of hydrogen-bond donors (Lipinski definition) is 1. The molecule has 1 aliphatic heterocycles. The van der Waals surface area contributed by atoms with E-state index < -0.39 is 0 Å². The molecule has 0 amide bonds. The van der Waals surface area contributed by atoms with Crippen LogP contribution in [0.2, 0.25) is 0 Å². The van der Waals surface area contributed by atoms with E-state index in [1.54, 1.807) is 0 Å². The van der Waals surface area contributed by atoms with Gasteiger partial charge in [0.05, 0.1) is 6.61 Å². The van der Waals surface area contributed by atoms with Crippen molar-refractivity contribution in [1.29, 1.82) is 0 Å². The molecule has 2 fully saturated rings. The van der Waals surface area contributed by atoms with Crippen LogP contribution in [0.4, 0.5) is 0 Å². The molecule has 1 saturated heterocycles. The minimum atomic E-state index is 0.467. The molecule has 2 N–H and O–H groups in total. The second-order valence-electron chi connectivity index (χ2n) is 4.57. The zero-order valence-electron chi connectivity index (χ0n) is 8.95. The third kappa shape index (κ3) is 2.69. The second-order valence-corrected chi connectivity index (χ2v) is 4.57. The molecule has 0 radical (unpaired) electrons. The summed E-state index contributed by atoms with van der Waals surface area (Å²) in [5.41, 5.74) is 5.91. The second kappa shape index (κ2) is 5.10. The zero-order valence-corrected chi connectivity index (χ0v) is 8.95. The Hall–Kier alpha value is -0.120. The largest absolute Gasteiger partial charge is 0.380 e. The maximum atomic E-state index is 5.91. The molecule has 0 spiro atoms. The fourth-order valence-electron chi connectivity index (χ4n) is 2.60. The molecule has 3 nitrogen and oxygen atoms in total. The molecule has 0 unspecified atom stereocenters. The van der Waals surface area contributed by atoms with Gasteiger partial charge in [0.15, 0.2) is 0 Å². The highest BCUT2D eigenvalue weighted by Gasteiger charge is 2.24. The van der Waals surface area contributed by atoms with Crippen LogP contribution in [0.15, 0.2) is 0 Å². The first-order valence-corrected chi connectivity index (χ1v) is 5.93. The van der Waals surface area contributed by atoms with Gasteiger partial charge in [-0.2, -0.15) is 0 Å². The van der Waals surface area contributed by atoms with Gasteiger partial charge in [0.2, 0.25) is 0 Å². The SMILES string of the molecule is NC1CCC(N2CCCOCC2)CC1. The molecule has 0 atom stereocenters. The van der Waals surface area contributed by atoms with Crippen LogP contribution in [-0.4, -0.2) is 43.3 Å². The summed E-state index contributed by atoms with van der Waals surface area (Å²) in [5, 5.41) is 0. The summed E-state index contributed by atoms with van der Waals surface area (Å²) < 4.78 is 5.47. The van der Waals surface area contributed by atoms with Crippen LogP contribution in [0.1, 0.15) is 32.1 Å². The number of rotatable bonds is 1. The van der Waals surface area contributed by atoms with Crippen molar-refractivity contribution in [1.82, 2.24) is 4.90 Å². The van der Waals surface area contributed by atoms with Crippen LogP contribution < -0.4 is 5.73 Å². The number of nitrogens with two attached hydrogens (primary N) is 1. The topological polar surface area (TPSA) is 38.5 Å². The van der Waals surface area contributed by atoms with Gasteiger partial charge in [-0.3, -0.25) is 4.90 Å². The fourth-order valence-corrected chi connectivity index (χ4v) is 2.60. The first-order valence-electron chi connectivity index (χ1n) is 5.93. The third-order valence-corrected chi connectivity index (χ3v) is 3.51. The van der Waals surface area contributed by atoms with Crippen molar-refractivity contribution in [2.75, 3.05) is 26.3 Å². The molecule has 1 heterocycles. The van der Waals surface area contributed by atoms with Crippen molar-refractivity contribution in [3.05, 3.63) is 0 Å². The molecule has 0 bridgehead atoms. The van der Waals surface area contributed by atoms with E-state index in [0.717, 1.165) is 25.8 Å². The Morgan fingerprint density at radius 1 is 1.00 bits per heavy atom. The quantitative estimate of drug-likeness (QED) is 0.682. The lowest BCUT2D eigenvalue weighted by molar-refractivity contribution is 0.119. The fraction of sp³-hybridized carbons (Fsp3) is 1.00. The Labute approximate surface area is 86.6 Å². The molecule has 2 aliphatic rings. The smallest absolute Gasteiger partial charge is 0.0593 e. The number of nitrogens with zero attached hydrogens (tertiary/aromatic N) is 1. The van der Waals surface area contributed by atoms with E-state index in [1.807, 2.05) is 0 Å². The lowest BCUT2D eigenvalue weighted by Gasteiger charge is -2.35. The van der Waals surface area contributed by atoms with Crippen LogP contribution in [0.5, 0.6) is 0 Å². The van der Waals surface area contributed by atoms with Crippen molar-refractivity contribution in [2.24, 2.45) is 5.73 Å². The molecule has 0 aromatic carbocycles. The van der Waals surface area contributed by atoms with Gasteiger partial charge in [0.1, 0.15) is 0 Å². The van der Waals surface area contributed by atoms with Gasteiger partial charge in [0.25, 0.3) is 0 Å². The predicted octanol–water partition coefficient (Wildman–Crippen LogP) is 0.979. The van der Waals surface area contributed by atoms with E-state index in [9.17, 15) is 0 Å². The summed E-state index contributed by atoms with van der Waals surface area (Å²) in [4.78, 5) is 2.61. The first kappa shape index (κ1) is 10.4. The Bertz CT molecular complexity index is 159. The van der Waals surface area contributed by atoms with Crippen molar-refractivity contribution in [3.63, 3.8) is 0 Å². The Morgan fingerprint density at radius 2 is 1.79 bits per heavy atom. The molecule has 0 aromatic rings. The van der Waals surface area contributed by atoms with E-state index in [4.69, 9.17) is 10.5 Å². The third-order valence-electron chi connectivity index (χ3n) is 3.51. The molecule has 0 aromatic heterocycles. The molecule has 1 aliphatic carbocycles. The summed E-state index contributed by atoms with van der Waals surface area (Å²) in [5.74, 6) is 0. The van der Waals surface area contributed by atoms with E-state index >= 15 is 0 Å². The molecule has 82 valence electrons. The molecule has 14 heavy (non-hydrogen) atoms. The van der Waals surface area contributed by atoms with Gasteiger partial charge >= 0.3 is 0 Å². The van der Waals surface area contributed by atoms with Crippen LogP contribution in [0.25, 0.3) is 0 Å². The highest BCUT2D eigenvalue weighted by molar-refractivity contribution is 4.81. The van der Waals surface area contributed by atoms with Gasteiger partial charge < -0.3 is 10.5 Å². The molecule has 3 heteroatoms. The highest BCUT2D eigenvalue weighted by Crippen LogP contribution is 2.22. The molecular formula is C11H22N2O. The van der Waals surface area contributed by atoms with Gasteiger partial charge in [-0.25, -0.2) is 0 Å². The van der Waals surface area contributed by atoms with Crippen molar-refractivity contribution < 1.29 is 4.74 Å². The first-order chi connectivity index (χ1) is 6.86. The van der Waals surface area contributed by atoms with Crippen LogP contribution in [-0.2, 0) is 4.74 Å². The van der Waals surface area contributed by atoms with E-state index in [1.165, 1.54) is 38.6 Å². The summed E-state index contributed by atoms with van der Waals surface area (Å²) in [6, 6.07) is 1.26. The van der Waals surface area contributed by atoms with Crippen molar-refractivity contribution in [3.8, 4) is 0 Å². The highest BCUT2D eigenvalue weighted by atomic mass is 16.5. The Balaban J connectivity index is 1.81. The van der Waals surface area contributed by atoms with Crippen molar-refractivity contribution in [2.45, 2.75) is 44.2 Å². The number of ether oxygens (including phenoxy) is 1. The van der Waals surface area contributed by atoms with Gasteiger partial charge in [-0.15, -0.1) is 0 Å². The van der Waals surface area contributed by atoms with Crippen LogP contribution >= 0.6 is 0 Å². The minimum Gasteiger partial charge on any atom is -0.380 e. The summed E-state index contributed by atoms with van der Waals surface area (Å²) in [7, 11) is 0. The maximum absolute atomic E-state index is 5.91.